The predicted octanol–water partition coefficient (Wildman–Crippen LogP) is 7.37. The van der Waals surface area contributed by atoms with Gasteiger partial charge in [0.25, 0.3) is 0 Å². The highest BCUT2D eigenvalue weighted by molar-refractivity contribution is 7.16. The summed E-state index contributed by atoms with van der Waals surface area (Å²) in [4.78, 5) is 27.7. The van der Waals surface area contributed by atoms with Crippen LogP contribution in [0.3, 0.4) is 0 Å². The molecule has 0 amide bonds. The fraction of sp³-hybridized carbons (Fsp3) is 0.424. The van der Waals surface area contributed by atoms with Crippen molar-refractivity contribution in [1.29, 1.82) is 5.26 Å². The van der Waals surface area contributed by atoms with Gasteiger partial charge in [-0.05, 0) is 80.6 Å². The molecule has 1 fully saturated rings. The van der Waals surface area contributed by atoms with Crippen LogP contribution in [0.25, 0.3) is 10.4 Å². The van der Waals surface area contributed by atoms with Crippen LogP contribution in [-0.4, -0.2) is 54.0 Å². The van der Waals surface area contributed by atoms with Crippen LogP contribution < -0.4 is 10.6 Å². The molecular formula is C33H33F7N4O3S. The lowest BCUT2D eigenvalue weighted by Gasteiger charge is -2.32. The Balaban J connectivity index is 1.65. The number of anilines is 1. The van der Waals surface area contributed by atoms with Crippen LogP contribution in [0.15, 0.2) is 36.4 Å². The van der Waals surface area contributed by atoms with E-state index in [1.165, 1.54) is 43.4 Å². The Labute approximate surface area is 276 Å². The summed E-state index contributed by atoms with van der Waals surface area (Å²) in [6.07, 6.45) is -8.84. The SMILES string of the molecule is Cc1cc(F)ccc1-c1sc(CN2CCC(NCC(=O)O)CC2)c(C#N)c1NCC(=O)C(C)(C)c1cc(C(F)(F)F)cc(C(F)(F)F)c1. The highest BCUT2D eigenvalue weighted by atomic mass is 32.1. The Morgan fingerprint density at radius 3 is 2.08 bits per heavy atom. The van der Waals surface area contributed by atoms with Crippen molar-refractivity contribution in [1.82, 2.24) is 10.2 Å². The highest BCUT2D eigenvalue weighted by Gasteiger charge is 2.40. The molecule has 0 atom stereocenters. The van der Waals surface area contributed by atoms with Gasteiger partial charge in [0.15, 0.2) is 5.78 Å². The van der Waals surface area contributed by atoms with Crippen molar-refractivity contribution in [2.24, 2.45) is 0 Å². The average Bonchev–Trinajstić information content (AvgIpc) is 3.34. The van der Waals surface area contributed by atoms with Gasteiger partial charge in [0.1, 0.15) is 11.9 Å². The normalized spacial score (nSPS) is 14.9. The summed E-state index contributed by atoms with van der Waals surface area (Å²) >= 11 is 1.25. The zero-order valence-corrected chi connectivity index (χ0v) is 27.0. The summed E-state index contributed by atoms with van der Waals surface area (Å²) < 4.78 is 95.3. The minimum Gasteiger partial charge on any atom is -0.480 e. The molecule has 0 spiro atoms. The van der Waals surface area contributed by atoms with Gasteiger partial charge < -0.3 is 15.7 Å². The lowest BCUT2D eigenvalue weighted by Crippen LogP contribution is -2.43. The van der Waals surface area contributed by atoms with E-state index < -0.39 is 58.6 Å². The van der Waals surface area contributed by atoms with E-state index in [-0.39, 0.29) is 29.9 Å². The number of benzene rings is 2. The van der Waals surface area contributed by atoms with Gasteiger partial charge in [-0.1, -0.05) is 6.07 Å². The Bertz CT molecular complexity index is 1690. The predicted molar refractivity (Wildman–Crippen MR) is 166 cm³/mol. The first-order valence-corrected chi connectivity index (χ1v) is 15.7. The van der Waals surface area contributed by atoms with E-state index in [9.17, 15) is 45.6 Å². The van der Waals surface area contributed by atoms with E-state index >= 15 is 0 Å². The first-order valence-electron chi connectivity index (χ1n) is 14.9. The van der Waals surface area contributed by atoms with E-state index in [1.54, 1.807) is 6.92 Å². The second-order valence-corrected chi connectivity index (χ2v) is 13.3. The Morgan fingerprint density at radius 2 is 1.56 bits per heavy atom. The van der Waals surface area contributed by atoms with Crippen LogP contribution in [0.4, 0.5) is 36.4 Å². The number of rotatable bonds is 11. The quantitative estimate of drug-likeness (QED) is 0.180. The average molecular weight is 699 g/mol. The number of carboxylic acids is 1. The molecule has 3 aromatic rings. The molecule has 2 heterocycles. The van der Waals surface area contributed by atoms with Crippen LogP contribution in [0.1, 0.15) is 59.4 Å². The molecule has 15 heteroatoms. The number of carbonyl (C=O) groups excluding carboxylic acids is 1. The summed E-state index contributed by atoms with van der Waals surface area (Å²) in [6.45, 7) is 5.00. The molecule has 0 bridgehead atoms. The number of Topliss-reactive ketones (excluding diaryl/α,β-unsaturated/α-hetero) is 1. The molecule has 3 N–H and O–H groups in total. The number of nitriles is 1. The molecule has 4 rings (SSSR count). The minimum absolute atomic E-state index is 0.000744. The fourth-order valence-corrected chi connectivity index (χ4v) is 6.90. The van der Waals surface area contributed by atoms with E-state index in [4.69, 9.17) is 5.11 Å². The van der Waals surface area contributed by atoms with Crippen molar-refractivity contribution in [2.75, 3.05) is 31.5 Å². The van der Waals surface area contributed by atoms with E-state index in [0.29, 0.717) is 65.5 Å². The topological polar surface area (TPSA) is 105 Å². The van der Waals surface area contributed by atoms with Crippen molar-refractivity contribution in [2.45, 2.75) is 64.0 Å². The van der Waals surface area contributed by atoms with Crippen LogP contribution in [0.2, 0.25) is 0 Å². The zero-order valence-electron chi connectivity index (χ0n) is 26.2. The molecular weight excluding hydrogens is 665 g/mol. The third-order valence-corrected chi connectivity index (χ3v) is 9.66. The number of ketones is 1. The van der Waals surface area contributed by atoms with Gasteiger partial charge in [-0.15, -0.1) is 11.3 Å². The maximum absolute atomic E-state index is 14.0. The summed E-state index contributed by atoms with van der Waals surface area (Å²) in [7, 11) is 0. The molecule has 2 aromatic carbocycles. The van der Waals surface area contributed by atoms with Crippen molar-refractivity contribution in [3.8, 4) is 16.5 Å². The number of halogens is 7. The number of hydrogen-bond donors (Lipinski definition) is 3. The number of likely N-dealkylation sites (tertiary alicyclic amines) is 1. The Hall–Kier alpha value is -4.00. The monoisotopic (exact) mass is 698 g/mol. The molecule has 1 saturated heterocycles. The number of hydrogen-bond acceptors (Lipinski definition) is 7. The number of aryl methyl sites for hydroxylation is 1. The molecule has 1 aliphatic heterocycles. The Morgan fingerprint density at radius 1 is 0.979 bits per heavy atom. The van der Waals surface area contributed by atoms with Crippen LogP contribution in [-0.2, 0) is 33.9 Å². The number of nitrogens with one attached hydrogen (secondary N) is 2. The molecule has 1 aromatic heterocycles. The molecule has 48 heavy (non-hydrogen) atoms. The largest absolute Gasteiger partial charge is 0.480 e. The summed E-state index contributed by atoms with van der Waals surface area (Å²) in [6, 6.07) is 7.32. The van der Waals surface area contributed by atoms with Gasteiger partial charge in [0, 0.05) is 30.6 Å². The smallest absolute Gasteiger partial charge is 0.416 e. The number of carbonyl (C=O) groups is 2. The number of aliphatic carboxylic acids is 1. The van der Waals surface area contributed by atoms with Gasteiger partial charge in [0.05, 0.1) is 45.8 Å². The van der Waals surface area contributed by atoms with Gasteiger partial charge in [-0.25, -0.2) is 4.39 Å². The molecule has 0 unspecified atom stereocenters. The van der Waals surface area contributed by atoms with Crippen molar-refractivity contribution in [3.05, 3.63) is 74.9 Å². The number of thiophene rings is 1. The molecule has 0 saturated carbocycles. The summed E-state index contributed by atoms with van der Waals surface area (Å²) in [5.41, 5.74) is -3.79. The fourth-order valence-electron chi connectivity index (χ4n) is 5.54. The van der Waals surface area contributed by atoms with Gasteiger partial charge in [-0.3, -0.25) is 14.5 Å². The highest BCUT2D eigenvalue weighted by Crippen LogP contribution is 2.44. The van der Waals surface area contributed by atoms with Crippen LogP contribution in [0.5, 0.6) is 0 Å². The van der Waals surface area contributed by atoms with E-state index in [2.05, 4.69) is 21.6 Å². The first kappa shape index (κ1) is 36.8. The molecule has 0 aliphatic carbocycles. The van der Waals surface area contributed by atoms with E-state index in [1.807, 2.05) is 0 Å². The van der Waals surface area contributed by atoms with Crippen molar-refractivity contribution < 1.29 is 45.4 Å². The lowest BCUT2D eigenvalue weighted by atomic mass is 9.79. The van der Waals surface area contributed by atoms with Gasteiger partial charge in [-0.2, -0.15) is 31.6 Å². The van der Waals surface area contributed by atoms with Gasteiger partial charge in [0.2, 0.25) is 0 Å². The Kier molecular flexibility index (Phi) is 10.9. The second kappa shape index (κ2) is 14.2. The summed E-state index contributed by atoms with van der Waals surface area (Å²) in [5.74, 6) is -2.18. The molecule has 258 valence electrons. The zero-order chi connectivity index (χ0) is 35.6. The second-order valence-electron chi connectivity index (χ2n) is 12.2. The van der Waals surface area contributed by atoms with Crippen molar-refractivity contribution >= 4 is 28.8 Å². The minimum atomic E-state index is -5.09. The summed E-state index contributed by atoms with van der Waals surface area (Å²) in [5, 5.41) is 25.1. The van der Waals surface area contributed by atoms with Gasteiger partial charge >= 0.3 is 18.3 Å². The molecule has 1 aliphatic rings. The van der Waals surface area contributed by atoms with Crippen LogP contribution >= 0.6 is 11.3 Å². The van der Waals surface area contributed by atoms with E-state index in [0.717, 1.165) is 0 Å². The first-order chi connectivity index (χ1) is 22.3. The molecule has 0 radical (unpaired) electrons. The number of carboxylic acid groups (broad SMARTS) is 1. The van der Waals surface area contributed by atoms with Crippen molar-refractivity contribution in [3.63, 3.8) is 0 Å². The van der Waals surface area contributed by atoms with Crippen LogP contribution in [0, 0.1) is 24.1 Å². The lowest BCUT2D eigenvalue weighted by molar-refractivity contribution is -0.143. The standard InChI is InChI=1S/C33H33F7N4O3S/c1-18-10-22(34)4-5-24(18)30-29(25(14-41)26(48-30)17-44-8-6-23(7-9-44)42-16-28(46)47)43-15-27(45)31(2,3)19-11-20(32(35,36)37)13-21(12-19)33(38,39)40/h4-5,10-13,23,42-43H,6-9,15-17H2,1-3H3,(H,46,47). The number of piperidine rings is 1. The third kappa shape index (κ3) is 8.53. The maximum atomic E-state index is 14.0. The number of nitrogens with zero attached hydrogens (tertiary/aromatic N) is 2. The maximum Gasteiger partial charge on any atom is 0.416 e. The molecule has 7 nitrogen and oxygen atoms in total. The number of alkyl halides is 6. The third-order valence-electron chi connectivity index (χ3n) is 8.45.